The Hall–Kier alpha value is -0.610. The quantitative estimate of drug-likeness (QED) is 0.433. The average Bonchev–Trinajstić information content (AvgIpc) is 3.40. The minimum Gasteiger partial charge on any atom is -0.438 e. The summed E-state index contributed by atoms with van der Waals surface area (Å²) in [4.78, 5) is 12.5. The Balaban J connectivity index is 1.39. The second-order valence-corrected chi connectivity index (χ2v) is 9.27. The van der Waals surface area contributed by atoms with E-state index in [4.69, 9.17) is 14.2 Å². The van der Waals surface area contributed by atoms with Gasteiger partial charge in [-0.1, -0.05) is 13.8 Å². The molecule has 0 aromatic heterocycles. The van der Waals surface area contributed by atoms with Crippen molar-refractivity contribution in [1.82, 2.24) is 0 Å². The van der Waals surface area contributed by atoms with Crippen LogP contribution >= 0.6 is 0 Å². The highest BCUT2D eigenvalue weighted by Crippen LogP contribution is 2.74. The molecule has 0 aromatic rings. The van der Waals surface area contributed by atoms with Crippen LogP contribution in [0.1, 0.15) is 46.0 Å². The van der Waals surface area contributed by atoms with Crippen molar-refractivity contribution in [2.24, 2.45) is 53.3 Å². The Labute approximate surface area is 151 Å². The Kier molecular flexibility index (Phi) is 3.94. The predicted molar refractivity (Wildman–Crippen MR) is 92.5 cm³/mol. The van der Waals surface area contributed by atoms with Crippen LogP contribution in [0.4, 0.5) is 0 Å². The van der Waals surface area contributed by atoms with Gasteiger partial charge in [0.1, 0.15) is 0 Å². The van der Waals surface area contributed by atoms with E-state index < -0.39 is 0 Å². The van der Waals surface area contributed by atoms with Gasteiger partial charge in [0.05, 0.1) is 18.1 Å². The molecule has 4 aliphatic carbocycles. The normalized spacial score (nSPS) is 54.8. The van der Waals surface area contributed by atoms with Gasteiger partial charge in [0.15, 0.2) is 6.79 Å². The number of fused-ring (bicyclic) bond motifs is 12. The molecular formula is C21H32O4. The Morgan fingerprint density at radius 1 is 0.920 bits per heavy atom. The maximum absolute atomic E-state index is 12.5. The van der Waals surface area contributed by atoms with Gasteiger partial charge in [0.25, 0.3) is 0 Å². The molecule has 5 aliphatic rings. The lowest BCUT2D eigenvalue weighted by Gasteiger charge is -2.43. The van der Waals surface area contributed by atoms with Gasteiger partial charge in [-0.15, -0.1) is 0 Å². The van der Waals surface area contributed by atoms with Gasteiger partial charge in [-0.3, -0.25) is 4.79 Å². The van der Waals surface area contributed by atoms with Crippen molar-refractivity contribution in [3.8, 4) is 0 Å². The summed E-state index contributed by atoms with van der Waals surface area (Å²) in [6.45, 7) is 4.68. The van der Waals surface area contributed by atoms with Crippen LogP contribution in [0, 0.1) is 53.3 Å². The maximum Gasteiger partial charge on any atom is 0.311 e. The van der Waals surface area contributed by atoms with E-state index in [1.165, 1.54) is 19.3 Å². The minimum atomic E-state index is -0.00623. The summed E-state index contributed by atoms with van der Waals surface area (Å²) in [5.74, 6) is 6.31. The van der Waals surface area contributed by atoms with Gasteiger partial charge in [-0.2, -0.15) is 0 Å². The van der Waals surface area contributed by atoms with Crippen molar-refractivity contribution in [1.29, 1.82) is 0 Å². The second-order valence-electron chi connectivity index (χ2n) is 9.27. The van der Waals surface area contributed by atoms with E-state index in [1.807, 2.05) is 0 Å². The molecule has 0 amide bonds. The lowest BCUT2D eigenvalue weighted by Crippen LogP contribution is -2.44. The molecule has 11 atom stereocenters. The minimum absolute atomic E-state index is 0.00623. The summed E-state index contributed by atoms with van der Waals surface area (Å²) >= 11 is 0. The largest absolute Gasteiger partial charge is 0.438 e. The molecule has 1 aliphatic heterocycles. The molecule has 25 heavy (non-hydrogen) atoms. The number of rotatable bonds is 5. The fraction of sp³-hybridized carbons (Fsp3) is 0.952. The van der Waals surface area contributed by atoms with Gasteiger partial charge < -0.3 is 14.2 Å². The highest BCUT2D eigenvalue weighted by molar-refractivity contribution is 5.73. The number of hydrogen-bond donors (Lipinski definition) is 0. The van der Waals surface area contributed by atoms with Crippen molar-refractivity contribution in [2.45, 2.75) is 58.2 Å². The third kappa shape index (κ3) is 2.10. The maximum atomic E-state index is 12.5. The van der Waals surface area contributed by atoms with E-state index in [0.717, 1.165) is 54.3 Å². The molecule has 4 heteroatoms. The smallest absolute Gasteiger partial charge is 0.311 e. The summed E-state index contributed by atoms with van der Waals surface area (Å²) in [7, 11) is 1.58. The molecule has 0 N–H and O–H groups in total. The fourth-order valence-electron chi connectivity index (χ4n) is 8.40. The Bertz CT molecular complexity index is 548. The first-order valence-corrected chi connectivity index (χ1v) is 10.5. The third-order valence-electron chi connectivity index (χ3n) is 8.73. The van der Waals surface area contributed by atoms with Crippen molar-refractivity contribution < 1.29 is 19.0 Å². The zero-order chi connectivity index (χ0) is 17.3. The topological polar surface area (TPSA) is 44.8 Å². The van der Waals surface area contributed by atoms with E-state index in [2.05, 4.69) is 13.8 Å². The van der Waals surface area contributed by atoms with Gasteiger partial charge in [0.2, 0.25) is 0 Å². The lowest BCUT2D eigenvalue weighted by molar-refractivity contribution is -0.163. The van der Waals surface area contributed by atoms with Crippen molar-refractivity contribution in [3.05, 3.63) is 0 Å². The van der Waals surface area contributed by atoms with Crippen LogP contribution in [0.5, 0.6) is 0 Å². The first-order chi connectivity index (χ1) is 12.2. The molecule has 1 saturated heterocycles. The van der Waals surface area contributed by atoms with Gasteiger partial charge >= 0.3 is 5.97 Å². The molecule has 0 radical (unpaired) electrons. The molecule has 1 heterocycles. The Morgan fingerprint density at radius 3 is 2.24 bits per heavy atom. The van der Waals surface area contributed by atoms with Gasteiger partial charge in [-0.25, -0.2) is 0 Å². The summed E-state index contributed by atoms with van der Waals surface area (Å²) in [5.41, 5.74) is 0. The highest BCUT2D eigenvalue weighted by atomic mass is 16.7. The van der Waals surface area contributed by atoms with Gasteiger partial charge in [-0.05, 0) is 79.4 Å². The molecule has 4 saturated carbocycles. The molecule has 5 rings (SSSR count). The average molecular weight is 348 g/mol. The van der Waals surface area contributed by atoms with E-state index in [-0.39, 0.29) is 18.7 Å². The summed E-state index contributed by atoms with van der Waals surface area (Å²) < 4.78 is 16.8. The summed E-state index contributed by atoms with van der Waals surface area (Å²) in [6, 6.07) is 0. The first kappa shape index (κ1) is 16.6. The molecule has 4 nitrogen and oxygen atoms in total. The van der Waals surface area contributed by atoms with Crippen LogP contribution in [0.25, 0.3) is 0 Å². The molecular weight excluding hydrogens is 316 g/mol. The molecule has 140 valence electrons. The van der Waals surface area contributed by atoms with E-state index >= 15 is 0 Å². The fourth-order valence-corrected chi connectivity index (χ4v) is 8.40. The molecule has 5 fully saturated rings. The van der Waals surface area contributed by atoms with Crippen LogP contribution in [-0.2, 0) is 19.0 Å². The number of carbonyl (C=O) groups excluding carboxylic acids is 1. The van der Waals surface area contributed by atoms with Crippen LogP contribution in [0.2, 0.25) is 0 Å². The molecule has 4 bridgehead atoms. The number of hydrogen-bond acceptors (Lipinski definition) is 4. The van der Waals surface area contributed by atoms with Crippen molar-refractivity contribution in [2.75, 3.05) is 13.9 Å². The number of carbonyl (C=O) groups is 1. The number of methoxy groups -OCH3 is 1. The Morgan fingerprint density at radius 2 is 1.60 bits per heavy atom. The standard InChI is InChI=1S/C21H32O4/c1-4-15-19-13-8-14(20(19)16(5-2)25-15)18-11-6-10(17(13)18)7-12(11)21(22)24-9-23-3/h10-20H,4-9H2,1-3H3. The van der Waals surface area contributed by atoms with Gasteiger partial charge in [0, 0.05) is 7.11 Å². The number of esters is 1. The number of ether oxygens (including phenoxy) is 3. The zero-order valence-electron chi connectivity index (χ0n) is 15.7. The predicted octanol–water partition coefficient (Wildman–Crippen LogP) is 3.49. The first-order valence-electron chi connectivity index (χ1n) is 10.5. The second kappa shape index (κ2) is 5.95. The molecule has 0 aromatic carbocycles. The van der Waals surface area contributed by atoms with Crippen LogP contribution in [-0.4, -0.2) is 32.1 Å². The zero-order valence-corrected chi connectivity index (χ0v) is 15.7. The van der Waals surface area contributed by atoms with E-state index in [1.54, 1.807) is 7.11 Å². The summed E-state index contributed by atoms with van der Waals surface area (Å²) in [5, 5.41) is 0. The SMILES string of the molecule is CCC1OC(CC)C2C3CC(C4C5CC(C(=O)OCOC)C(C5)C34)C12. The third-order valence-corrected chi connectivity index (χ3v) is 8.73. The molecule has 11 unspecified atom stereocenters. The van der Waals surface area contributed by atoms with Crippen molar-refractivity contribution in [3.63, 3.8) is 0 Å². The monoisotopic (exact) mass is 348 g/mol. The van der Waals surface area contributed by atoms with E-state index in [0.29, 0.717) is 18.1 Å². The van der Waals surface area contributed by atoms with Crippen LogP contribution < -0.4 is 0 Å². The lowest BCUT2D eigenvalue weighted by atomic mass is 9.60. The van der Waals surface area contributed by atoms with Crippen LogP contribution in [0.3, 0.4) is 0 Å². The van der Waals surface area contributed by atoms with E-state index in [9.17, 15) is 4.79 Å². The summed E-state index contributed by atoms with van der Waals surface area (Å²) in [6.07, 6.45) is 7.00. The molecule has 0 spiro atoms. The highest BCUT2D eigenvalue weighted by Gasteiger charge is 2.71. The van der Waals surface area contributed by atoms with Crippen LogP contribution in [0.15, 0.2) is 0 Å². The van der Waals surface area contributed by atoms with Crippen molar-refractivity contribution >= 4 is 5.97 Å².